The molecular weight excluding hydrogens is 316 g/mol. The van der Waals surface area contributed by atoms with Crippen LogP contribution in [0.4, 0.5) is 11.4 Å². The lowest BCUT2D eigenvalue weighted by Crippen LogP contribution is -2.39. The molecule has 1 atom stereocenters. The molecule has 128 valence electrons. The van der Waals surface area contributed by atoms with E-state index in [4.69, 9.17) is 0 Å². The van der Waals surface area contributed by atoms with Crippen LogP contribution in [0, 0.1) is 6.92 Å². The zero-order valence-corrected chi connectivity index (χ0v) is 14.2. The molecule has 0 bridgehead atoms. The molecule has 25 heavy (non-hydrogen) atoms. The molecule has 0 radical (unpaired) electrons. The van der Waals surface area contributed by atoms with Crippen LogP contribution in [0.3, 0.4) is 0 Å². The number of carbonyl (C=O) groups is 2. The van der Waals surface area contributed by atoms with Gasteiger partial charge in [-0.1, -0.05) is 42.5 Å². The maximum Gasteiger partial charge on any atom is 0.263 e. The number of likely N-dealkylation sites (N-methyl/N-ethyl adjacent to an activating group) is 1. The van der Waals surface area contributed by atoms with Crippen LogP contribution in [0.15, 0.2) is 60.7 Å². The summed E-state index contributed by atoms with van der Waals surface area (Å²) in [5, 5.41) is 13.7. The molecule has 5 heteroatoms. The van der Waals surface area contributed by atoms with Crippen molar-refractivity contribution in [1.82, 2.24) is 0 Å². The van der Waals surface area contributed by atoms with Gasteiger partial charge in [-0.25, -0.2) is 0 Å². The number of hydrogen-bond donors (Lipinski definition) is 2. The third-order valence-corrected chi connectivity index (χ3v) is 4.47. The van der Waals surface area contributed by atoms with Gasteiger partial charge < -0.3 is 15.3 Å². The number of rotatable bonds is 4. The van der Waals surface area contributed by atoms with Gasteiger partial charge in [-0.15, -0.1) is 0 Å². The number of fused-ring (bicyclic) bond motifs is 1. The fourth-order valence-corrected chi connectivity index (χ4v) is 3.03. The van der Waals surface area contributed by atoms with Crippen molar-refractivity contribution in [2.45, 2.75) is 18.9 Å². The molecule has 1 aliphatic heterocycles. The van der Waals surface area contributed by atoms with Crippen molar-refractivity contribution in [3.8, 4) is 0 Å². The second-order valence-electron chi connectivity index (χ2n) is 6.34. The zero-order valence-electron chi connectivity index (χ0n) is 14.2. The maximum absolute atomic E-state index is 12.5. The number of anilines is 2. The molecule has 1 aliphatic rings. The second kappa shape index (κ2) is 6.18. The Morgan fingerprint density at radius 2 is 1.84 bits per heavy atom. The number of nitrogens with zero attached hydrogens (tertiary/aromatic N) is 1. The molecule has 0 fully saturated rings. The molecule has 1 heterocycles. The van der Waals surface area contributed by atoms with Gasteiger partial charge in [0.2, 0.25) is 0 Å². The molecule has 0 aliphatic carbocycles. The van der Waals surface area contributed by atoms with Crippen molar-refractivity contribution < 1.29 is 14.7 Å². The summed E-state index contributed by atoms with van der Waals surface area (Å²) < 4.78 is 0. The molecule has 5 nitrogen and oxygen atoms in total. The van der Waals surface area contributed by atoms with Crippen LogP contribution in [0.2, 0.25) is 0 Å². The summed E-state index contributed by atoms with van der Waals surface area (Å²) in [4.78, 5) is 26.3. The van der Waals surface area contributed by atoms with E-state index >= 15 is 0 Å². The molecule has 2 aromatic rings. The van der Waals surface area contributed by atoms with Crippen LogP contribution in [-0.2, 0) is 15.2 Å². The maximum atomic E-state index is 12.5. The van der Waals surface area contributed by atoms with Gasteiger partial charge in [0.05, 0.1) is 5.69 Å². The highest BCUT2D eigenvalue weighted by molar-refractivity contribution is 6.09. The fourth-order valence-electron chi connectivity index (χ4n) is 3.03. The van der Waals surface area contributed by atoms with E-state index in [2.05, 4.69) is 11.9 Å². The Morgan fingerprint density at radius 3 is 2.52 bits per heavy atom. The Kier molecular flexibility index (Phi) is 4.18. The first kappa shape index (κ1) is 16.9. The van der Waals surface area contributed by atoms with Crippen LogP contribution in [0.25, 0.3) is 0 Å². The molecule has 3 rings (SSSR count). The Labute approximate surface area is 146 Å². The number of amides is 2. The van der Waals surface area contributed by atoms with Crippen molar-refractivity contribution >= 4 is 23.2 Å². The lowest BCUT2D eigenvalue weighted by molar-refractivity contribution is -0.135. The molecule has 0 aromatic heterocycles. The molecule has 2 N–H and O–H groups in total. The van der Waals surface area contributed by atoms with E-state index in [-0.39, 0.29) is 12.0 Å². The fraction of sp³-hybridized carbons (Fsp3) is 0.200. The standard InChI is InChI=1S/C20H20N2O3/c1-13-8-10-15(11-9-13)21-18(23)14(2)12-20(25)16-6-4-5-7-17(16)22(3)19(20)24/h4-11,25H,2,12H2,1,3H3,(H,21,23)/t20-/m0/s1. The van der Waals surface area contributed by atoms with Crippen LogP contribution in [0.1, 0.15) is 17.5 Å². The highest BCUT2D eigenvalue weighted by atomic mass is 16.3. The summed E-state index contributed by atoms with van der Waals surface area (Å²) in [5.74, 6) is -0.880. The smallest absolute Gasteiger partial charge is 0.263 e. The summed E-state index contributed by atoms with van der Waals surface area (Å²) in [6.45, 7) is 5.72. The van der Waals surface area contributed by atoms with Gasteiger partial charge in [-0.2, -0.15) is 0 Å². The number of aryl methyl sites for hydroxylation is 1. The molecule has 0 saturated heterocycles. The molecule has 0 saturated carbocycles. The first-order valence-corrected chi connectivity index (χ1v) is 7.99. The minimum Gasteiger partial charge on any atom is -0.375 e. The average Bonchev–Trinajstić information content (AvgIpc) is 2.79. The summed E-state index contributed by atoms with van der Waals surface area (Å²) in [6.07, 6.45) is -0.162. The highest BCUT2D eigenvalue weighted by Gasteiger charge is 2.48. The van der Waals surface area contributed by atoms with Crippen LogP contribution >= 0.6 is 0 Å². The van der Waals surface area contributed by atoms with E-state index in [0.29, 0.717) is 16.9 Å². The largest absolute Gasteiger partial charge is 0.375 e. The number of aliphatic hydroxyl groups is 1. The van der Waals surface area contributed by atoms with Gasteiger partial charge in [0.1, 0.15) is 0 Å². The van der Waals surface area contributed by atoms with E-state index in [1.807, 2.05) is 19.1 Å². The number of nitrogens with one attached hydrogen (secondary N) is 1. The second-order valence-corrected chi connectivity index (χ2v) is 6.34. The molecule has 2 aromatic carbocycles. The van der Waals surface area contributed by atoms with Gasteiger partial charge >= 0.3 is 0 Å². The van der Waals surface area contributed by atoms with E-state index in [1.54, 1.807) is 43.4 Å². The molecule has 0 unspecified atom stereocenters. The van der Waals surface area contributed by atoms with E-state index in [9.17, 15) is 14.7 Å². The summed E-state index contributed by atoms with van der Waals surface area (Å²) in [5.41, 5.74) is 1.23. The third-order valence-electron chi connectivity index (χ3n) is 4.47. The predicted octanol–water partition coefficient (Wildman–Crippen LogP) is 2.74. The summed E-state index contributed by atoms with van der Waals surface area (Å²) >= 11 is 0. The third kappa shape index (κ3) is 2.94. The van der Waals surface area contributed by atoms with Gasteiger partial charge in [0.25, 0.3) is 11.8 Å². The van der Waals surface area contributed by atoms with Crippen molar-refractivity contribution in [1.29, 1.82) is 0 Å². The minimum absolute atomic E-state index is 0.140. The minimum atomic E-state index is -1.77. The predicted molar refractivity (Wildman–Crippen MR) is 97.3 cm³/mol. The van der Waals surface area contributed by atoms with Crippen LogP contribution in [0.5, 0.6) is 0 Å². The number of carbonyl (C=O) groups excluding carboxylic acids is 2. The van der Waals surface area contributed by atoms with Gasteiger partial charge in [0.15, 0.2) is 5.60 Å². The molecule has 0 spiro atoms. The number of para-hydroxylation sites is 1. The van der Waals surface area contributed by atoms with Crippen molar-refractivity contribution in [2.75, 3.05) is 17.3 Å². The van der Waals surface area contributed by atoms with E-state index in [0.717, 1.165) is 5.56 Å². The zero-order chi connectivity index (χ0) is 18.2. The van der Waals surface area contributed by atoms with E-state index in [1.165, 1.54) is 4.90 Å². The van der Waals surface area contributed by atoms with Gasteiger partial charge in [-0.05, 0) is 25.1 Å². The quantitative estimate of drug-likeness (QED) is 0.844. The molecular formula is C20H20N2O3. The van der Waals surface area contributed by atoms with Crippen molar-refractivity contribution in [3.05, 3.63) is 71.8 Å². The molecule has 2 amide bonds. The number of benzene rings is 2. The Hall–Kier alpha value is -2.92. The topological polar surface area (TPSA) is 69.6 Å². The highest BCUT2D eigenvalue weighted by Crippen LogP contribution is 2.42. The van der Waals surface area contributed by atoms with Crippen molar-refractivity contribution in [2.24, 2.45) is 0 Å². The number of hydrogen-bond acceptors (Lipinski definition) is 3. The van der Waals surface area contributed by atoms with E-state index < -0.39 is 17.4 Å². The summed E-state index contributed by atoms with van der Waals surface area (Å²) in [6, 6.07) is 14.4. The lowest BCUT2D eigenvalue weighted by Gasteiger charge is -2.22. The normalized spacial score (nSPS) is 18.8. The average molecular weight is 336 g/mol. The Morgan fingerprint density at radius 1 is 1.20 bits per heavy atom. The van der Waals surface area contributed by atoms with Crippen LogP contribution in [-0.4, -0.2) is 24.0 Å². The lowest BCUT2D eigenvalue weighted by atomic mass is 9.88. The SMILES string of the molecule is C=C(C[C@@]1(O)C(=O)N(C)c2ccccc21)C(=O)Nc1ccc(C)cc1. The Balaban J connectivity index is 1.79. The van der Waals surface area contributed by atoms with Crippen molar-refractivity contribution in [3.63, 3.8) is 0 Å². The monoisotopic (exact) mass is 336 g/mol. The first-order valence-electron chi connectivity index (χ1n) is 7.99. The van der Waals surface area contributed by atoms with Gasteiger partial charge in [-0.3, -0.25) is 9.59 Å². The van der Waals surface area contributed by atoms with Gasteiger partial charge in [0, 0.05) is 30.3 Å². The summed E-state index contributed by atoms with van der Waals surface area (Å²) in [7, 11) is 1.61. The first-order chi connectivity index (χ1) is 11.8. The Bertz CT molecular complexity index is 857. The van der Waals surface area contributed by atoms with Crippen LogP contribution < -0.4 is 10.2 Å².